The average molecular weight is 265 g/mol. The Kier molecular flexibility index (Phi) is 5.99. The number of aryl methyl sites for hydroxylation is 2. The van der Waals surface area contributed by atoms with Crippen LogP contribution in [-0.4, -0.2) is 13.1 Å². The molecule has 1 aromatic rings. The molecule has 4 heteroatoms. The van der Waals surface area contributed by atoms with Crippen molar-refractivity contribution in [3.8, 4) is 0 Å². The molecule has 0 aromatic carbocycles. The van der Waals surface area contributed by atoms with Gasteiger partial charge in [-0.2, -0.15) is 0 Å². The van der Waals surface area contributed by atoms with Crippen LogP contribution in [0.25, 0.3) is 0 Å². The Morgan fingerprint density at radius 2 is 2.00 bits per heavy atom. The van der Waals surface area contributed by atoms with Gasteiger partial charge in [-0.05, 0) is 41.4 Å². The molecule has 1 aromatic heterocycles. The van der Waals surface area contributed by atoms with Crippen molar-refractivity contribution in [2.24, 2.45) is 0 Å². The van der Waals surface area contributed by atoms with Gasteiger partial charge in [0.05, 0.1) is 10.9 Å². The molecule has 0 aliphatic carbocycles. The van der Waals surface area contributed by atoms with E-state index in [9.17, 15) is 4.79 Å². The van der Waals surface area contributed by atoms with Crippen LogP contribution in [0.3, 0.4) is 0 Å². The lowest BCUT2D eigenvalue weighted by atomic mass is 10.3. The van der Waals surface area contributed by atoms with E-state index in [1.54, 1.807) is 11.3 Å². The van der Waals surface area contributed by atoms with Gasteiger partial charge in [-0.25, -0.2) is 0 Å². The van der Waals surface area contributed by atoms with Gasteiger partial charge in [0, 0.05) is 11.8 Å². The number of rotatable bonds is 0. The molecule has 13 heavy (non-hydrogen) atoms. The molecule has 2 nitrogen and oxygen atoms in total. The molecular formula is C9H13BrO2S. The molecule has 0 radical (unpaired) electrons. The maximum atomic E-state index is 9.59. The van der Waals surface area contributed by atoms with Gasteiger partial charge >= 0.3 is 5.97 Å². The smallest absolute Gasteiger partial charge is 0.302 e. The first-order valence-corrected chi connectivity index (χ1v) is 5.35. The SMILES string of the molecule is COC(C)=O.Cc1cc(Br)sc1C. The molecule has 0 amide bonds. The highest BCUT2D eigenvalue weighted by molar-refractivity contribution is 9.11. The lowest BCUT2D eigenvalue weighted by Crippen LogP contribution is -1.88. The number of esters is 1. The van der Waals surface area contributed by atoms with E-state index in [1.165, 1.54) is 28.3 Å². The highest BCUT2D eigenvalue weighted by atomic mass is 79.9. The predicted molar refractivity (Wildman–Crippen MR) is 59.2 cm³/mol. The summed E-state index contributed by atoms with van der Waals surface area (Å²) in [5.74, 6) is -0.245. The van der Waals surface area contributed by atoms with E-state index in [4.69, 9.17) is 0 Å². The molecule has 0 aliphatic heterocycles. The summed E-state index contributed by atoms with van der Waals surface area (Å²) < 4.78 is 5.34. The van der Waals surface area contributed by atoms with Gasteiger partial charge in [0.1, 0.15) is 0 Å². The second-order valence-corrected chi connectivity index (χ2v) is 5.12. The van der Waals surface area contributed by atoms with Gasteiger partial charge in [-0.15, -0.1) is 11.3 Å². The van der Waals surface area contributed by atoms with Gasteiger partial charge < -0.3 is 4.74 Å². The third kappa shape index (κ3) is 5.82. The van der Waals surface area contributed by atoms with Crippen LogP contribution in [0.4, 0.5) is 0 Å². The third-order valence-electron chi connectivity index (χ3n) is 1.42. The van der Waals surface area contributed by atoms with Crippen molar-refractivity contribution in [3.63, 3.8) is 0 Å². The summed E-state index contributed by atoms with van der Waals surface area (Å²) in [6.45, 7) is 5.61. The van der Waals surface area contributed by atoms with Crippen LogP contribution in [0.15, 0.2) is 9.85 Å². The summed E-state index contributed by atoms with van der Waals surface area (Å²) in [4.78, 5) is 11.0. The van der Waals surface area contributed by atoms with E-state index in [-0.39, 0.29) is 5.97 Å². The Morgan fingerprint density at radius 1 is 1.54 bits per heavy atom. The van der Waals surface area contributed by atoms with Crippen molar-refractivity contribution in [1.29, 1.82) is 0 Å². The van der Waals surface area contributed by atoms with Crippen molar-refractivity contribution < 1.29 is 9.53 Å². The highest BCUT2D eigenvalue weighted by Gasteiger charge is 1.95. The van der Waals surface area contributed by atoms with Crippen LogP contribution < -0.4 is 0 Å². The number of carbonyl (C=O) groups excluding carboxylic acids is 1. The summed E-state index contributed by atoms with van der Waals surface area (Å²) in [6, 6.07) is 2.14. The zero-order chi connectivity index (χ0) is 10.4. The number of carbonyl (C=O) groups is 1. The highest BCUT2D eigenvalue weighted by Crippen LogP contribution is 2.24. The lowest BCUT2D eigenvalue weighted by Gasteiger charge is -1.80. The Hall–Kier alpha value is -0.350. The largest absolute Gasteiger partial charge is 0.469 e. The van der Waals surface area contributed by atoms with Crippen LogP contribution in [0.2, 0.25) is 0 Å². The maximum Gasteiger partial charge on any atom is 0.302 e. The molecule has 0 N–H and O–H groups in total. The van der Waals surface area contributed by atoms with Crippen LogP contribution in [0, 0.1) is 13.8 Å². The third-order valence-corrected chi connectivity index (χ3v) is 3.08. The second kappa shape index (κ2) is 6.16. The molecule has 0 unspecified atom stereocenters. The van der Waals surface area contributed by atoms with E-state index in [2.05, 4.69) is 40.6 Å². The topological polar surface area (TPSA) is 26.3 Å². The predicted octanol–water partition coefficient (Wildman–Crippen LogP) is 3.31. The molecular weight excluding hydrogens is 252 g/mol. The Morgan fingerprint density at radius 3 is 2.08 bits per heavy atom. The molecule has 74 valence electrons. The first-order chi connectivity index (χ1) is 5.97. The molecule has 1 rings (SSSR count). The quantitative estimate of drug-likeness (QED) is 0.673. The van der Waals surface area contributed by atoms with Crippen molar-refractivity contribution in [2.75, 3.05) is 7.11 Å². The van der Waals surface area contributed by atoms with E-state index in [1.807, 2.05) is 0 Å². The monoisotopic (exact) mass is 264 g/mol. The van der Waals surface area contributed by atoms with Crippen molar-refractivity contribution in [3.05, 3.63) is 20.3 Å². The Balaban J connectivity index is 0.000000252. The molecule has 0 spiro atoms. The molecule has 0 fully saturated rings. The van der Waals surface area contributed by atoms with Gasteiger partial charge in [0.15, 0.2) is 0 Å². The molecule has 0 atom stereocenters. The summed E-state index contributed by atoms with van der Waals surface area (Å²) in [5, 5.41) is 0. The van der Waals surface area contributed by atoms with Gasteiger partial charge in [0.25, 0.3) is 0 Å². The van der Waals surface area contributed by atoms with Crippen molar-refractivity contribution in [1.82, 2.24) is 0 Å². The molecule has 0 bridgehead atoms. The lowest BCUT2D eigenvalue weighted by molar-refractivity contribution is -0.137. The fourth-order valence-electron chi connectivity index (χ4n) is 0.528. The van der Waals surface area contributed by atoms with Gasteiger partial charge in [0.2, 0.25) is 0 Å². The number of hydrogen-bond donors (Lipinski definition) is 0. The number of thiophene rings is 1. The average Bonchev–Trinajstić information content (AvgIpc) is 2.31. The Labute approximate surface area is 91.0 Å². The van der Waals surface area contributed by atoms with Crippen LogP contribution in [0.1, 0.15) is 17.4 Å². The zero-order valence-corrected chi connectivity index (χ0v) is 10.6. The van der Waals surface area contributed by atoms with Crippen molar-refractivity contribution in [2.45, 2.75) is 20.8 Å². The summed E-state index contributed by atoms with van der Waals surface area (Å²) in [6.07, 6.45) is 0. The van der Waals surface area contributed by atoms with E-state index < -0.39 is 0 Å². The molecule has 1 heterocycles. The zero-order valence-electron chi connectivity index (χ0n) is 8.18. The fourth-order valence-corrected chi connectivity index (χ4v) is 2.35. The van der Waals surface area contributed by atoms with E-state index in [0.29, 0.717) is 0 Å². The first-order valence-electron chi connectivity index (χ1n) is 3.74. The standard InChI is InChI=1S/C6H7BrS.C3H6O2/c1-4-3-6(7)8-5(4)2;1-3(4)5-2/h3H,1-2H3;1-2H3. The van der Waals surface area contributed by atoms with Crippen LogP contribution >= 0.6 is 27.3 Å². The minimum atomic E-state index is -0.245. The molecule has 0 saturated heterocycles. The van der Waals surface area contributed by atoms with E-state index >= 15 is 0 Å². The van der Waals surface area contributed by atoms with Gasteiger partial charge in [-0.3, -0.25) is 4.79 Å². The number of ether oxygens (including phenoxy) is 1. The minimum Gasteiger partial charge on any atom is -0.469 e. The summed E-state index contributed by atoms with van der Waals surface area (Å²) >= 11 is 5.19. The normalized spacial score (nSPS) is 8.69. The molecule has 0 aliphatic rings. The molecule has 0 saturated carbocycles. The minimum absolute atomic E-state index is 0.245. The second-order valence-electron chi connectivity index (χ2n) is 2.49. The van der Waals surface area contributed by atoms with Crippen LogP contribution in [0.5, 0.6) is 0 Å². The summed E-state index contributed by atoms with van der Waals surface area (Å²) in [5.41, 5.74) is 1.38. The Bertz CT molecular complexity index is 262. The van der Waals surface area contributed by atoms with Gasteiger partial charge in [-0.1, -0.05) is 0 Å². The van der Waals surface area contributed by atoms with E-state index in [0.717, 1.165) is 0 Å². The van der Waals surface area contributed by atoms with Crippen molar-refractivity contribution >= 4 is 33.2 Å². The number of methoxy groups -OCH3 is 1. The number of halogens is 1. The maximum absolute atomic E-state index is 9.59. The number of hydrogen-bond acceptors (Lipinski definition) is 3. The fraction of sp³-hybridized carbons (Fsp3) is 0.444. The summed E-state index contributed by atoms with van der Waals surface area (Å²) in [7, 11) is 1.35. The first kappa shape index (κ1) is 12.7. The van der Waals surface area contributed by atoms with Crippen LogP contribution in [-0.2, 0) is 9.53 Å².